The number of fused-ring (bicyclic) bond motifs is 3. The second-order valence-electron chi connectivity index (χ2n) is 6.97. The molecule has 1 N–H and O–H groups in total. The van der Waals surface area contributed by atoms with Crippen LogP contribution >= 0.6 is 0 Å². The van der Waals surface area contributed by atoms with Crippen LogP contribution in [0.3, 0.4) is 0 Å². The number of likely N-dealkylation sites (tertiary alicyclic amines) is 1. The second-order valence-corrected chi connectivity index (χ2v) is 6.97. The lowest BCUT2D eigenvalue weighted by atomic mass is 9.66. The molecule has 4 atom stereocenters. The molecule has 4 heterocycles. The van der Waals surface area contributed by atoms with E-state index in [0.29, 0.717) is 25.9 Å². The Hall–Kier alpha value is -1.02. The lowest BCUT2D eigenvalue weighted by molar-refractivity contribution is -0.221. The molecule has 0 amide bonds. The van der Waals surface area contributed by atoms with Gasteiger partial charge in [-0.3, -0.25) is 4.90 Å². The van der Waals surface area contributed by atoms with Crippen LogP contribution in [-0.2, 0) is 22.6 Å². The minimum absolute atomic E-state index is 0.150. The third kappa shape index (κ3) is 2.59. The van der Waals surface area contributed by atoms with Gasteiger partial charge in [-0.2, -0.15) is 5.10 Å². The van der Waals surface area contributed by atoms with Gasteiger partial charge < -0.3 is 14.6 Å². The third-order valence-corrected chi connectivity index (χ3v) is 5.90. The van der Waals surface area contributed by atoms with E-state index in [-0.39, 0.29) is 11.8 Å². The number of hydrogen-bond donors (Lipinski definition) is 1. The molecule has 0 saturated carbocycles. The summed E-state index contributed by atoms with van der Waals surface area (Å²) < 4.78 is 13.3. The van der Waals surface area contributed by atoms with E-state index < -0.39 is 5.60 Å². The zero-order chi connectivity index (χ0) is 15.9. The molecule has 0 bridgehead atoms. The molecule has 0 radical (unpaired) electrons. The summed E-state index contributed by atoms with van der Waals surface area (Å²) >= 11 is 0. The van der Waals surface area contributed by atoms with Crippen LogP contribution in [0.5, 0.6) is 0 Å². The maximum absolute atomic E-state index is 11.3. The van der Waals surface area contributed by atoms with Crippen molar-refractivity contribution in [2.24, 2.45) is 11.8 Å². The van der Waals surface area contributed by atoms with Gasteiger partial charge in [-0.25, -0.2) is 9.67 Å². The highest BCUT2D eigenvalue weighted by Crippen LogP contribution is 2.44. The van der Waals surface area contributed by atoms with Crippen LogP contribution in [0.4, 0.5) is 0 Å². The maximum atomic E-state index is 11.3. The van der Waals surface area contributed by atoms with Crippen LogP contribution in [0, 0.1) is 11.8 Å². The zero-order valence-corrected chi connectivity index (χ0v) is 13.7. The molecule has 23 heavy (non-hydrogen) atoms. The summed E-state index contributed by atoms with van der Waals surface area (Å²) in [6, 6.07) is 0.352. The van der Waals surface area contributed by atoms with Crippen molar-refractivity contribution >= 4 is 0 Å². The second kappa shape index (κ2) is 6.12. The SMILES string of the molecule is CCn1ncnc1CN1C[C@@H]2COCC[C@]2(O)[C@H]2COCC[C@H]21. The van der Waals surface area contributed by atoms with Gasteiger partial charge in [0.15, 0.2) is 0 Å². The predicted molar refractivity (Wildman–Crippen MR) is 82.7 cm³/mol. The van der Waals surface area contributed by atoms with Gasteiger partial charge >= 0.3 is 0 Å². The number of aliphatic hydroxyl groups is 1. The van der Waals surface area contributed by atoms with Gasteiger partial charge in [0.2, 0.25) is 0 Å². The van der Waals surface area contributed by atoms with E-state index in [1.807, 2.05) is 4.68 Å². The fraction of sp³-hybridized carbons (Fsp3) is 0.875. The smallest absolute Gasteiger partial charge is 0.141 e. The Balaban J connectivity index is 1.59. The van der Waals surface area contributed by atoms with Crippen molar-refractivity contribution < 1.29 is 14.6 Å². The first kappa shape index (κ1) is 15.5. The van der Waals surface area contributed by atoms with Gasteiger partial charge in [-0.05, 0) is 13.3 Å². The molecule has 0 spiro atoms. The van der Waals surface area contributed by atoms with Gasteiger partial charge in [0, 0.05) is 50.6 Å². The summed E-state index contributed by atoms with van der Waals surface area (Å²) in [4.78, 5) is 6.89. The van der Waals surface area contributed by atoms with Gasteiger partial charge in [-0.15, -0.1) is 0 Å². The summed E-state index contributed by atoms with van der Waals surface area (Å²) in [5, 5.41) is 15.6. The van der Waals surface area contributed by atoms with E-state index in [4.69, 9.17) is 9.47 Å². The molecule has 1 aromatic rings. The van der Waals surface area contributed by atoms with Crippen molar-refractivity contribution in [3.63, 3.8) is 0 Å². The highest BCUT2D eigenvalue weighted by molar-refractivity contribution is 5.06. The maximum Gasteiger partial charge on any atom is 0.141 e. The Morgan fingerprint density at radius 2 is 2.22 bits per heavy atom. The normalized spacial score (nSPS) is 38.1. The molecule has 0 aliphatic carbocycles. The molecule has 3 aliphatic heterocycles. The summed E-state index contributed by atoms with van der Waals surface area (Å²) in [5.41, 5.74) is -0.641. The number of aromatic nitrogens is 3. The van der Waals surface area contributed by atoms with E-state index in [1.54, 1.807) is 6.33 Å². The lowest BCUT2D eigenvalue weighted by Gasteiger charge is -2.57. The van der Waals surface area contributed by atoms with Crippen molar-refractivity contribution in [3.8, 4) is 0 Å². The van der Waals surface area contributed by atoms with Gasteiger partial charge in [-0.1, -0.05) is 0 Å². The van der Waals surface area contributed by atoms with E-state index in [1.165, 1.54) is 0 Å². The van der Waals surface area contributed by atoms with Crippen LogP contribution in [0.1, 0.15) is 25.6 Å². The van der Waals surface area contributed by atoms with Gasteiger partial charge in [0.25, 0.3) is 0 Å². The molecular formula is C16H26N4O3. The van der Waals surface area contributed by atoms with Crippen molar-refractivity contribution in [2.75, 3.05) is 33.0 Å². The average molecular weight is 322 g/mol. The zero-order valence-electron chi connectivity index (χ0n) is 13.7. The monoisotopic (exact) mass is 322 g/mol. The number of ether oxygens (including phenoxy) is 2. The Labute approximate surface area is 136 Å². The Morgan fingerprint density at radius 1 is 1.35 bits per heavy atom. The first-order chi connectivity index (χ1) is 11.2. The van der Waals surface area contributed by atoms with Crippen molar-refractivity contribution in [1.29, 1.82) is 0 Å². The highest BCUT2D eigenvalue weighted by Gasteiger charge is 2.55. The first-order valence-electron chi connectivity index (χ1n) is 8.71. The van der Waals surface area contributed by atoms with Crippen LogP contribution in [0.15, 0.2) is 6.33 Å². The molecule has 7 heteroatoms. The number of nitrogens with zero attached hydrogens (tertiary/aromatic N) is 4. The topological polar surface area (TPSA) is 72.6 Å². The van der Waals surface area contributed by atoms with E-state index in [0.717, 1.165) is 44.9 Å². The fourth-order valence-corrected chi connectivity index (χ4v) is 4.61. The van der Waals surface area contributed by atoms with Crippen LogP contribution in [-0.4, -0.2) is 69.4 Å². The minimum Gasteiger partial charge on any atom is -0.389 e. The molecule has 7 nitrogen and oxygen atoms in total. The average Bonchev–Trinajstić information content (AvgIpc) is 3.03. The fourth-order valence-electron chi connectivity index (χ4n) is 4.61. The number of rotatable bonds is 3. The summed E-state index contributed by atoms with van der Waals surface area (Å²) in [6.07, 6.45) is 3.33. The third-order valence-electron chi connectivity index (χ3n) is 5.90. The van der Waals surface area contributed by atoms with E-state index >= 15 is 0 Å². The Bertz CT molecular complexity index is 551. The van der Waals surface area contributed by atoms with Gasteiger partial charge in [0.05, 0.1) is 25.4 Å². The molecule has 3 fully saturated rings. The van der Waals surface area contributed by atoms with Crippen molar-refractivity contribution in [3.05, 3.63) is 12.2 Å². The Morgan fingerprint density at radius 3 is 3.09 bits per heavy atom. The standard InChI is InChI=1S/C16H26N4O3/c1-2-20-15(17-11-18-20)8-19-7-12-9-23-6-4-16(12,21)13-10-22-5-3-14(13)19/h11-14,21H,2-10H2,1H3/t12-,13+,14-,16-/m1/s1. The highest BCUT2D eigenvalue weighted by atomic mass is 16.5. The lowest BCUT2D eigenvalue weighted by Crippen LogP contribution is -2.67. The quantitative estimate of drug-likeness (QED) is 0.862. The van der Waals surface area contributed by atoms with Crippen LogP contribution in [0.2, 0.25) is 0 Å². The molecule has 3 aliphatic rings. The van der Waals surface area contributed by atoms with Crippen LogP contribution in [0.25, 0.3) is 0 Å². The van der Waals surface area contributed by atoms with Crippen molar-refractivity contribution in [2.45, 2.75) is 44.5 Å². The molecule has 1 aromatic heterocycles. The number of piperidine rings is 1. The summed E-state index contributed by atoms with van der Waals surface area (Å²) in [6.45, 7) is 7.26. The summed E-state index contributed by atoms with van der Waals surface area (Å²) in [7, 11) is 0. The minimum atomic E-state index is -0.641. The number of aryl methyl sites for hydroxylation is 1. The van der Waals surface area contributed by atoms with Gasteiger partial charge in [0.1, 0.15) is 12.2 Å². The molecular weight excluding hydrogens is 296 g/mol. The van der Waals surface area contributed by atoms with Crippen molar-refractivity contribution in [1.82, 2.24) is 19.7 Å². The summed E-state index contributed by atoms with van der Waals surface area (Å²) in [5.74, 6) is 1.31. The van der Waals surface area contributed by atoms with E-state index in [9.17, 15) is 5.11 Å². The van der Waals surface area contributed by atoms with E-state index in [2.05, 4.69) is 21.9 Å². The largest absolute Gasteiger partial charge is 0.389 e. The molecule has 128 valence electrons. The van der Waals surface area contributed by atoms with Crippen LogP contribution < -0.4 is 0 Å². The molecule has 0 aromatic carbocycles. The Kier molecular flexibility index (Phi) is 4.13. The molecule has 0 unspecified atom stereocenters. The molecule has 3 saturated heterocycles. The molecule has 4 rings (SSSR count). The number of hydrogen-bond acceptors (Lipinski definition) is 6. The first-order valence-corrected chi connectivity index (χ1v) is 8.71. The predicted octanol–water partition coefficient (Wildman–Crippen LogP) is 0.286.